The summed E-state index contributed by atoms with van der Waals surface area (Å²) in [5.74, 6) is 0.624. The van der Waals surface area contributed by atoms with Crippen molar-refractivity contribution < 1.29 is 4.42 Å². The fraction of sp³-hybridized carbons (Fsp3) is 0. The van der Waals surface area contributed by atoms with Crippen molar-refractivity contribution in [2.45, 2.75) is 0 Å². The van der Waals surface area contributed by atoms with E-state index in [0.29, 0.717) is 5.82 Å². The van der Waals surface area contributed by atoms with Crippen LogP contribution in [0.2, 0.25) is 0 Å². The molecule has 0 aliphatic carbocycles. The van der Waals surface area contributed by atoms with Crippen molar-refractivity contribution in [3.05, 3.63) is 182 Å². The third-order valence-electron chi connectivity index (χ3n) is 10.5. The highest BCUT2D eigenvalue weighted by Gasteiger charge is 2.18. The molecule has 252 valence electrons. The van der Waals surface area contributed by atoms with Gasteiger partial charge in [0.25, 0.3) is 0 Å². The molecule has 0 unspecified atom stereocenters. The zero-order chi connectivity index (χ0) is 35.6. The molecule has 0 amide bonds. The molecule has 54 heavy (non-hydrogen) atoms. The fourth-order valence-corrected chi connectivity index (χ4v) is 8.96. The summed E-state index contributed by atoms with van der Waals surface area (Å²) in [6.07, 6.45) is 0. The van der Waals surface area contributed by atoms with Crippen LogP contribution in [0.1, 0.15) is 0 Å². The predicted molar refractivity (Wildman–Crippen MR) is 227 cm³/mol. The Labute approximate surface area is 315 Å². The summed E-state index contributed by atoms with van der Waals surface area (Å²) in [6, 6.07) is 64.5. The summed E-state index contributed by atoms with van der Waals surface area (Å²) in [5.41, 5.74) is 10.9. The average Bonchev–Trinajstić information content (AvgIpc) is 3.82. The Balaban J connectivity index is 1.17. The van der Waals surface area contributed by atoms with Gasteiger partial charge in [0.2, 0.25) is 0 Å². The molecule has 0 bridgehead atoms. The monoisotopic (exact) mass is 706 g/mol. The van der Waals surface area contributed by atoms with Crippen molar-refractivity contribution >= 4 is 64.2 Å². The number of nitrogens with zero attached hydrogens (tertiary/aromatic N) is 2. The predicted octanol–water partition coefficient (Wildman–Crippen LogP) is 14.2. The number of aromatic nitrogens is 2. The van der Waals surface area contributed by atoms with Crippen LogP contribution in [0, 0.1) is 0 Å². The molecule has 3 heterocycles. The van der Waals surface area contributed by atoms with E-state index in [1.54, 1.807) is 0 Å². The highest BCUT2D eigenvalue weighted by atomic mass is 32.1. The van der Waals surface area contributed by atoms with E-state index in [4.69, 9.17) is 14.4 Å². The Bertz CT molecular complexity index is 3220. The SMILES string of the molecule is c1ccc(-c2cc(-c3cc(-c4ccc5sc6ccccc6c5c4)cc(-c4cccc5ccccc45)c3)nc(-c3cccc4c3oc3ccccc34)n2)cc1. The summed E-state index contributed by atoms with van der Waals surface area (Å²) in [5, 5.41) is 7.12. The van der Waals surface area contributed by atoms with E-state index >= 15 is 0 Å². The molecular formula is C50H30N2OS. The van der Waals surface area contributed by atoms with Gasteiger partial charge in [-0.3, -0.25) is 0 Å². The second-order valence-corrected chi connectivity index (χ2v) is 14.8. The highest BCUT2D eigenvalue weighted by molar-refractivity contribution is 7.25. The maximum atomic E-state index is 6.50. The minimum absolute atomic E-state index is 0.624. The van der Waals surface area contributed by atoms with Crippen LogP contribution in [0.15, 0.2) is 186 Å². The van der Waals surface area contributed by atoms with Crippen molar-refractivity contribution in [1.29, 1.82) is 0 Å². The lowest BCUT2D eigenvalue weighted by Gasteiger charge is -2.14. The first-order valence-corrected chi connectivity index (χ1v) is 19.0. The molecule has 0 saturated heterocycles. The van der Waals surface area contributed by atoms with Crippen LogP contribution >= 0.6 is 11.3 Å². The number of hydrogen-bond acceptors (Lipinski definition) is 4. The third-order valence-corrected chi connectivity index (χ3v) is 11.6. The highest BCUT2D eigenvalue weighted by Crippen LogP contribution is 2.41. The summed E-state index contributed by atoms with van der Waals surface area (Å²) in [7, 11) is 0. The summed E-state index contributed by atoms with van der Waals surface area (Å²) < 4.78 is 9.10. The van der Waals surface area contributed by atoms with Gasteiger partial charge in [-0.2, -0.15) is 0 Å². The van der Waals surface area contributed by atoms with Crippen LogP contribution in [0.5, 0.6) is 0 Å². The van der Waals surface area contributed by atoms with Gasteiger partial charge in [0.1, 0.15) is 11.2 Å². The molecule has 0 spiro atoms. The molecule has 0 fully saturated rings. The van der Waals surface area contributed by atoms with Crippen molar-refractivity contribution in [2.24, 2.45) is 0 Å². The second-order valence-electron chi connectivity index (χ2n) is 13.7. The first-order chi connectivity index (χ1) is 26.7. The first-order valence-electron chi connectivity index (χ1n) is 18.1. The van der Waals surface area contributed by atoms with E-state index in [-0.39, 0.29) is 0 Å². The molecule has 0 aliphatic rings. The van der Waals surface area contributed by atoms with Gasteiger partial charge in [-0.25, -0.2) is 9.97 Å². The maximum absolute atomic E-state index is 6.50. The fourth-order valence-electron chi connectivity index (χ4n) is 7.88. The molecular weight excluding hydrogens is 677 g/mol. The van der Waals surface area contributed by atoms with Gasteiger partial charge in [0, 0.05) is 42.1 Å². The molecule has 11 aromatic rings. The van der Waals surface area contributed by atoms with Crippen molar-refractivity contribution in [2.75, 3.05) is 0 Å². The topological polar surface area (TPSA) is 38.9 Å². The molecule has 4 heteroatoms. The molecule has 11 rings (SSSR count). The minimum Gasteiger partial charge on any atom is -0.455 e. The molecule has 3 nitrogen and oxygen atoms in total. The second kappa shape index (κ2) is 12.4. The van der Waals surface area contributed by atoms with Crippen molar-refractivity contribution in [3.8, 4) is 56.2 Å². The van der Waals surface area contributed by atoms with Gasteiger partial charge in [-0.05, 0) is 87.6 Å². The quantitative estimate of drug-likeness (QED) is 0.179. The number of fused-ring (bicyclic) bond motifs is 7. The lowest BCUT2D eigenvalue weighted by Crippen LogP contribution is -1.97. The molecule has 0 aliphatic heterocycles. The summed E-state index contributed by atoms with van der Waals surface area (Å²) in [6.45, 7) is 0. The normalized spacial score (nSPS) is 11.7. The third kappa shape index (κ3) is 5.11. The zero-order valence-electron chi connectivity index (χ0n) is 29.0. The lowest BCUT2D eigenvalue weighted by molar-refractivity contribution is 0.669. The van der Waals surface area contributed by atoms with E-state index in [1.165, 1.54) is 42.1 Å². The van der Waals surface area contributed by atoms with Gasteiger partial charge in [0.15, 0.2) is 5.82 Å². The Kier molecular flexibility index (Phi) is 7.04. The zero-order valence-corrected chi connectivity index (χ0v) is 29.8. The molecule has 0 saturated carbocycles. The molecule has 0 N–H and O–H groups in total. The van der Waals surface area contributed by atoms with Crippen molar-refractivity contribution in [3.63, 3.8) is 0 Å². The van der Waals surface area contributed by atoms with Gasteiger partial charge in [-0.1, -0.05) is 127 Å². The van der Waals surface area contributed by atoms with Crippen LogP contribution in [-0.4, -0.2) is 9.97 Å². The number of furan rings is 1. The molecule has 0 radical (unpaired) electrons. The van der Waals surface area contributed by atoms with Gasteiger partial charge >= 0.3 is 0 Å². The van der Waals surface area contributed by atoms with Crippen LogP contribution in [0.4, 0.5) is 0 Å². The van der Waals surface area contributed by atoms with E-state index in [1.807, 2.05) is 35.6 Å². The number of hydrogen-bond donors (Lipinski definition) is 0. The van der Waals surface area contributed by atoms with Crippen LogP contribution in [0.25, 0.3) is 109 Å². The Morgan fingerprint density at radius 1 is 0.370 bits per heavy atom. The summed E-state index contributed by atoms with van der Waals surface area (Å²) in [4.78, 5) is 10.6. The molecule has 3 aromatic heterocycles. The Morgan fingerprint density at radius 2 is 1.02 bits per heavy atom. The Hall–Kier alpha value is -6.88. The largest absolute Gasteiger partial charge is 0.455 e. The van der Waals surface area contributed by atoms with E-state index in [0.717, 1.165) is 61.1 Å². The van der Waals surface area contributed by atoms with E-state index in [9.17, 15) is 0 Å². The average molecular weight is 707 g/mol. The van der Waals surface area contributed by atoms with Crippen LogP contribution < -0.4 is 0 Å². The number of benzene rings is 8. The number of rotatable bonds is 5. The van der Waals surface area contributed by atoms with Crippen LogP contribution in [0.3, 0.4) is 0 Å². The van der Waals surface area contributed by atoms with E-state index < -0.39 is 0 Å². The first kappa shape index (κ1) is 30.7. The van der Waals surface area contributed by atoms with Gasteiger partial charge in [-0.15, -0.1) is 11.3 Å². The van der Waals surface area contributed by atoms with Gasteiger partial charge in [0.05, 0.1) is 17.0 Å². The smallest absolute Gasteiger partial charge is 0.164 e. The Morgan fingerprint density at radius 3 is 1.93 bits per heavy atom. The number of thiophene rings is 1. The standard InChI is InChI=1S/C50H30N2OS/c1-2-13-32(14-3-1)44-30-45(52-50(51-44)42-21-11-20-41-39-17-6-8-22-46(39)53-49(41)42)36-27-34(26-35(28-36)38-19-10-15-31-12-4-5-16-37(31)38)33-24-25-48-43(29-33)40-18-7-9-23-47(40)54-48/h1-30H. The minimum atomic E-state index is 0.624. The van der Waals surface area contributed by atoms with E-state index in [2.05, 4.69) is 158 Å². The lowest BCUT2D eigenvalue weighted by atomic mass is 9.91. The molecule has 8 aromatic carbocycles. The van der Waals surface area contributed by atoms with Gasteiger partial charge < -0.3 is 4.42 Å². The molecule has 0 atom stereocenters. The van der Waals surface area contributed by atoms with Crippen LogP contribution in [-0.2, 0) is 0 Å². The van der Waals surface area contributed by atoms with Crippen molar-refractivity contribution in [1.82, 2.24) is 9.97 Å². The summed E-state index contributed by atoms with van der Waals surface area (Å²) >= 11 is 1.84. The maximum Gasteiger partial charge on any atom is 0.164 e. The number of para-hydroxylation sites is 2.